The highest BCUT2D eigenvalue weighted by molar-refractivity contribution is 5.83. The summed E-state index contributed by atoms with van der Waals surface area (Å²) in [6.07, 6.45) is 0.436. The van der Waals surface area contributed by atoms with Crippen molar-refractivity contribution in [2.24, 2.45) is 0 Å². The van der Waals surface area contributed by atoms with Gasteiger partial charge in [0.2, 0.25) is 12.7 Å². The quantitative estimate of drug-likeness (QED) is 0.674. The number of likely N-dealkylation sites (N-methyl/N-ethyl adjacent to an activating group) is 1. The molecule has 9 heteroatoms. The zero-order valence-electron chi connectivity index (χ0n) is 13.5. The number of aromatic nitrogens is 3. The summed E-state index contributed by atoms with van der Waals surface area (Å²) >= 11 is 0. The SMILES string of the molecule is CN(C)[C@@H](C(=O)NCCc1n[nH]c(=O)[nH]1)c1ccc2c(c1)OCO2. The van der Waals surface area contributed by atoms with Crippen molar-refractivity contribution in [3.05, 3.63) is 40.1 Å². The van der Waals surface area contributed by atoms with Crippen molar-refractivity contribution < 1.29 is 14.3 Å². The van der Waals surface area contributed by atoms with Crippen LogP contribution in [-0.4, -0.2) is 53.4 Å². The highest BCUT2D eigenvalue weighted by Gasteiger charge is 2.25. The minimum absolute atomic E-state index is 0.142. The molecule has 0 saturated heterocycles. The van der Waals surface area contributed by atoms with Gasteiger partial charge < -0.3 is 14.8 Å². The van der Waals surface area contributed by atoms with E-state index in [9.17, 15) is 9.59 Å². The molecule has 3 rings (SSSR count). The normalized spacial score (nSPS) is 14.0. The average Bonchev–Trinajstić information content (AvgIpc) is 3.15. The molecule has 1 aliphatic heterocycles. The molecular formula is C15H19N5O4. The molecule has 1 amide bonds. The number of hydrogen-bond donors (Lipinski definition) is 3. The van der Waals surface area contributed by atoms with E-state index >= 15 is 0 Å². The summed E-state index contributed by atoms with van der Waals surface area (Å²) in [7, 11) is 3.67. The first kappa shape index (κ1) is 16.1. The van der Waals surface area contributed by atoms with E-state index in [4.69, 9.17) is 9.47 Å². The Balaban J connectivity index is 1.66. The Hall–Kier alpha value is -2.81. The number of amides is 1. The molecule has 1 aliphatic rings. The predicted molar refractivity (Wildman–Crippen MR) is 84.9 cm³/mol. The van der Waals surface area contributed by atoms with Gasteiger partial charge in [-0.15, -0.1) is 0 Å². The van der Waals surface area contributed by atoms with E-state index in [0.717, 1.165) is 5.56 Å². The van der Waals surface area contributed by atoms with E-state index in [1.807, 2.05) is 31.1 Å². The van der Waals surface area contributed by atoms with Crippen LogP contribution in [0, 0.1) is 0 Å². The van der Waals surface area contributed by atoms with Gasteiger partial charge in [-0.2, -0.15) is 5.10 Å². The van der Waals surface area contributed by atoms with Crippen LogP contribution in [0.25, 0.3) is 0 Å². The molecule has 128 valence electrons. The number of aromatic amines is 2. The first-order valence-electron chi connectivity index (χ1n) is 7.52. The van der Waals surface area contributed by atoms with Crippen molar-refractivity contribution >= 4 is 5.91 Å². The van der Waals surface area contributed by atoms with E-state index in [2.05, 4.69) is 20.5 Å². The van der Waals surface area contributed by atoms with Gasteiger partial charge in [0.1, 0.15) is 11.9 Å². The molecular weight excluding hydrogens is 314 g/mol. The van der Waals surface area contributed by atoms with Crippen molar-refractivity contribution in [3.8, 4) is 11.5 Å². The van der Waals surface area contributed by atoms with Gasteiger partial charge in [-0.05, 0) is 31.8 Å². The third kappa shape index (κ3) is 3.40. The van der Waals surface area contributed by atoms with Gasteiger partial charge in [0, 0.05) is 13.0 Å². The monoisotopic (exact) mass is 333 g/mol. The van der Waals surface area contributed by atoms with Crippen LogP contribution in [0.2, 0.25) is 0 Å². The lowest BCUT2D eigenvalue weighted by atomic mass is 10.0. The van der Waals surface area contributed by atoms with Crippen LogP contribution in [0.3, 0.4) is 0 Å². The number of nitrogens with zero attached hydrogens (tertiary/aromatic N) is 2. The minimum Gasteiger partial charge on any atom is -0.454 e. The summed E-state index contributed by atoms with van der Waals surface area (Å²) in [6.45, 7) is 0.563. The lowest BCUT2D eigenvalue weighted by Gasteiger charge is -2.24. The fourth-order valence-electron chi connectivity index (χ4n) is 2.59. The van der Waals surface area contributed by atoms with Crippen molar-refractivity contribution in [3.63, 3.8) is 0 Å². The number of benzene rings is 1. The zero-order chi connectivity index (χ0) is 17.1. The molecule has 0 radical (unpaired) electrons. The number of carbonyl (C=O) groups is 1. The van der Waals surface area contributed by atoms with E-state index in [-0.39, 0.29) is 18.4 Å². The van der Waals surface area contributed by atoms with Crippen LogP contribution in [0.5, 0.6) is 11.5 Å². The third-order valence-corrected chi connectivity index (χ3v) is 3.69. The fraction of sp³-hybridized carbons (Fsp3) is 0.400. The van der Waals surface area contributed by atoms with Crippen LogP contribution >= 0.6 is 0 Å². The zero-order valence-corrected chi connectivity index (χ0v) is 13.5. The van der Waals surface area contributed by atoms with E-state index in [1.165, 1.54) is 0 Å². The van der Waals surface area contributed by atoms with Crippen LogP contribution in [0.15, 0.2) is 23.0 Å². The number of hydrogen-bond acceptors (Lipinski definition) is 6. The van der Waals surface area contributed by atoms with Gasteiger partial charge >= 0.3 is 5.69 Å². The van der Waals surface area contributed by atoms with Gasteiger partial charge in [-0.3, -0.25) is 14.7 Å². The molecule has 0 bridgehead atoms. The van der Waals surface area contributed by atoms with Crippen molar-refractivity contribution in [1.29, 1.82) is 0 Å². The standard InChI is InChI=1S/C15H19N5O4/c1-20(2)13(9-3-4-10-11(7-9)24-8-23-10)14(21)16-6-5-12-17-15(22)19-18-12/h3-4,7,13H,5-6,8H2,1-2H3,(H,16,21)(H2,17,18,19,22)/t13-/m1/s1. The molecule has 2 aromatic rings. The second-order valence-corrected chi connectivity index (χ2v) is 5.64. The molecule has 9 nitrogen and oxygen atoms in total. The van der Waals surface area contributed by atoms with Gasteiger partial charge in [-0.1, -0.05) is 6.07 Å². The summed E-state index contributed by atoms with van der Waals surface area (Å²) in [4.78, 5) is 27.9. The van der Waals surface area contributed by atoms with Gasteiger partial charge in [0.25, 0.3) is 0 Å². The highest BCUT2D eigenvalue weighted by atomic mass is 16.7. The number of fused-ring (bicyclic) bond motifs is 1. The summed E-state index contributed by atoms with van der Waals surface area (Å²) in [5.74, 6) is 1.68. The van der Waals surface area contributed by atoms with Crippen molar-refractivity contribution in [2.45, 2.75) is 12.5 Å². The molecule has 0 saturated carbocycles. The highest BCUT2D eigenvalue weighted by Crippen LogP contribution is 2.35. The molecule has 2 heterocycles. The molecule has 1 atom stereocenters. The van der Waals surface area contributed by atoms with Gasteiger partial charge in [0.05, 0.1) is 0 Å². The van der Waals surface area contributed by atoms with Crippen LogP contribution in [0.4, 0.5) is 0 Å². The maximum Gasteiger partial charge on any atom is 0.340 e. The lowest BCUT2D eigenvalue weighted by Crippen LogP contribution is -2.38. The Morgan fingerprint density at radius 3 is 2.88 bits per heavy atom. The van der Waals surface area contributed by atoms with Crippen LogP contribution < -0.4 is 20.5 Å². The number of nitrogens with one attached hydrogen (secondary N) is 3. The van der Waals surface area contributed by atoms with Crippen molar-refractivity contribution in [1.82, 2.24) is 25.4 Å². The Kier molecular flexibility index (Phi) is 4.52. The number of ether oxygens (including phenoxy) is 2. The van der Waals surface area contributed by atoms with E-state index in [1.54, 1.807) is 6.07 Å². The fourth-order valence-corrected chi connectivity index (χ4v) is 2.59. The van der Waals surface area contributed by atoms with Crippen LogP contribution in [-0.2, 0) is 11.2 Å². The molecule has 0 aliphatic carbocycles. The summed E-state index contributed by atoms with van der Waals surface area (Å²) < 4.78 is 10.7. The Labute approximate surface area is 138 Å². The van der Waals surface area contributed by atoms with Crippen LogP contribution in [0.1, 0.15) is 17.4 Å². The van der Waals surface area contributed by atoms with Gasteiger partial charge in [-0.25, -0.2) is 9.89 Å². The first-order valence-corrected chi connectivity index (χ1v) is 7.52. The van der Waals surface area contributed by atoms with Crippen molar-refractivity contribution in [2.75, 3.05) is 27.4 Å². The van der Waals surface area contributed by atoms with E-state index in [0.29, 0.717) is 30.3 Å². The summed E-state index contributed by atoms with van der Waals surface area (Å²) in [5, 5.41) is 8.95. The Morgan fingerprint density at radius 1 is 1.38 bits per heavy atom. The summed E-state index contributed by atoms with van der Waals surface area (Å²) in [6, 6.07) is 5.01. The van der Waals surface area contributed by atoms with Gasteiger partial charge in [0.15, 0.2) is 11.5 Å². The largest absolute Gasteiger partial charge is 0.454 e. The maximum atomic E-state index is 12.6. The average molecular weight is 333 g/mol. The first-order chi connectivity index (χ1) is 11.5. The minimum atomic E-state index is -0.460. The Bertz CT molecular complexity index is 782. The Morgan fingerprint density at radius 2 is 2.17 bits per heavy atom. The number of H-pyrrole nitrogens is 2. The number of rotatable bonds is 6. The number of carbonyl (C=O) groups excluding carboxylic acids is 1. The second-order valence-electron chi connectivity index (χ2n) is 5.64. The third-order valence-electron chi connectivity index (χ3n) is 3.69. The smallest absolute Gasteiger partial charge is 0.340 e. The molecule has 3 N–H and O–H groups in total. The summed E-state index contributed by atoms with van der Waals surface area (Å²) in [5.41, 5.74) is 0.456. The molecule has 0 fully saturated rings. The molecule has 24 heavy (non-hydrogen) atoms. The topological polar surface area (TPSA) is 112 Å². The maximum absolute atomic E-state index is 12.6. The molecule has 1 aromatic heterocycles. The second kappa shape index (κ2) is 6.75. The molecule has 0 unspecified atom stereocenters. The predicted octanol–water partition coefficient (Wildman–Crippen LogP) is -0.212. The van der Waals surface area contributed by atoms with E-state index < -0.39 is 6.04 Å². The molecule has 0 spiro atoms. The molecule has 1 aromatic carbocycles. The lowest BCUT2D eigenvalue weighted by molar-refractivity contribution is -0.125.